The quantitative estimate of drug-likeness (QED) is 0.429. The zero-order valence-corrected chi connectivity index (χ0v) is 20.0. The van der Waals surface area contributed by atoms with Gasteiger partial charge in [0.2, 0.25) is 0 Å². The highest BCUT2D eigenvalue weighted by Crippen LogP contribution is 2.26. The van der Waals surface area contributed by atoms with E-state index in [4.69, 9.17) is 21.1 Å². The van der Waals surface area contributed by atoms with E-state index in [1.807, 2.05) is 6.92 Å². The first-order valence-electron chi connectivity index (χ1n) is 10.2. The third-order valence-electron chi connectivity index (χ3n) is 4.95. The Bertz CT molecular complexity index is 1210. The van der Waals surface area contributed by atoms with Crippen LogP contribution in [-0.4, -0.2) is 27.5 Å². The molecule has 3 rings (SSSR count). The molecule has 0 saturated heterocycles. The second kappa shape index (κ2) is 10.6. The predicted molar refractivity (Wildman–Crippen MR) is 130 cm³/mol. The lowest BCUT2D eigenvalue weighted by Gasteiger charge is -2.18. The monoisotopic (exact) mass is 488 g/mol. The van der Waals surface area contributed by atoms with Gasteiger partial charge in [-0.15, -0.1) is 0 Å². The van der Waals surface area contributed by atoms with Gasteiger partial charge >= 0.3 is 0 Å². The summed E-state index contributed by atoms with van der Waals surface area (Å²) >= 11 is 6.07. The van der Waals surface area contributed by atoms with Crippen LogP contribution in [0.1, 0.15) is 18.9 Å². The van der Waals surface area contributed by atoms with Crippen LogP contribution in [0.5, 0.6) is 11.5 Å². The average molecular weight is 489 g/mol. The molecule has 0 saturated carbocycles. The second-order valence-electron chi connectivity index (χ2n) is 7.22. The molecule has 0 aliphatic carbocycles. The summed E-state index contributed by atoms with van der Waals surface area (Å²) in [5.74, 6) is 0.896. The maximum Gasteiger partial charge on any atom is 0.265 e. The lowest BCUT2D eigenvalue weighted by atomic mass is 10.2. The Labute approximate surface area is 198 Å². The molecule has 7 nitrogen and oxygen atoms in total. The number of hydrogen-bond donors (Lipinski definition) is 2. The molecule has 3 aromatic rings. The van der Waals surface area contributed by atoms with Crippen LogP contribution < -0.4 is 19.5 Å². The number of amides is 1. The Morgan fingerprint density at radius 1 is 1.00 bits per heavy atom. The maximum atomic E-state index is 12.7. The number of carbonyl (C=O) groups excluding carboxylic acids is 1. The fourth-order valence-electron chi connectivity index (χ4n) is 3.00. The molecule has 33 heavy (non-hydrogen) atoms. The van der Waals surface area contributed by atoms with Crippen molar-refractivity contribution in [1.82, 2.24) is 0 Å². The molecule has 1 atom stereocenters. The number of ether oxygens (including phenoxy) is 2. The lowest BCUT2D eigenvalue weighted by Crippen LogP contribution is -2.32. The van der Waals surface area contributed by atoms with Crippen LogP contribution in [0.15, 0.2) is 71.6 Å². The second-order valence-corrected chi connectivity index (χ2v) is 9.31. The molecule has 9 heteroatoms. The molecule has 2 N–H and O–H groups in total. The number of benzene rings is 3. The van der Waals surface area contributed by atoms with E-state index in [1.165, 1.54) is 24.3 Å². The van der Waals surface area contributed by atoms with Crippen molar-refractivity contribution >= 4 is 38.9 Å². The summed E-state index contributed by atoms with van der Waals surface area (Å²) in [6.45, 7) is 3.57. The van der Waals surface area contributed by atoms with Gasteiger partial charge in [0.25, 0.3) is 15.9 Å². The zero-order chi connectivity index (χ0) is 24.0. The topological polar surface area (TPSA) is 93.7 Å². The number of carbonyl (C=O) groups is 1. The maximum absolute atomic E-state index is 12.7. The molecular formula is C24H25ClN2O5S. The van der Waals surface area contributed by atoms with E-state index < -0.39 is 16.1 Å². The van der Waals surface area contributed by atoms with Crippen molar-refractivity contribution < 1.29 is 22.7 Å². The van der Waals surface area contributed by atoms with Crippen molar-refractivity contribution in [3.8, 4) is 11.5 Å². The van der Waals surface area contributed by atoms with E-state index >= 15 is 0 Å². The minimum Gasteiger partial charge on any atom is -0.497 e. The molecular weight excluding hydrogens is 464 g/mol. The Hall–Kier alpha value is -3.23. The van der Waals surface area contributed by atoms with Crippen LogP contribution in [0.25, 0.3) is 0 Å². The van der Waals surface area contributed by atoms with Crippen molar-refractivity contribution in [2.75, 3.05) is 17.1 Å². The summed E-state index contributed by atoms with van der Waals surface area (Å²) in [5, 5.41) is 3.23. The molecule has 3 aromatic carbocycles. The summed E-state index contributed by atoms with van der Waals surface area (Å²) in [6.07, 6.45) is -0.262. The number of anilines is 2. The van der Waals surface area contributed by atoms with Gasteiger partial charge in [0.1, 0.15) is 11.5 Å². The lowest BCUT2D eigenvalue weighted by molar-refractivity contribution is -0.122. The molecule has 0 unspecified atom stereocenters. The SMILES string of the molecule is CC[C@@H](Oc1ccc(OC)cc1)C(=O)Nc1ccc(S(=O)(=O)Nc2cccc(Cl)c2C)cc1. The van der Waals surface area contributed by atoms with Gasteiger partial charge in [-0.05, 0) is 79.6 Å². The number of rotatable bonds is 9. The molecule has 0 radical (unpaired) electrons. The highest BCUT2D eigenvalue weighted by molar-refractivity contribution is 7.92. The van der Waals surface area contributed by atoms with Gasteiger partial charge in [0, 0.05) is 10.7 Å². The highest BCUT2D eigenvalue weighted by Gasteiger charge is 2.20. The van der Waals surface area contributed by atoms with Crippen LogP contribution in [0, 0.1) is 6.92 Å². The standard InChI is InChI=1S/C24H25ClN2O5S/c1-4-23(32-19-12-10-18(31-3)11-13-19)24(28)26-17-8-14-20(15-9-17)33(29,30)27-22-7-5-6-21(25)16(22)2/h5-15,23,27H,4H2,1-3H3,(H,26,28)/t23-/m1/s1. The normalized spacial score (nSPS) is 12.0. The van der Waals surface area contributed by atoms with Crippen LogP contribution in [-0.2, 0) is 14.8 Å². The van der Waals surface area contributed by atoms with Gasteiger partial charge in [0.05, 0.1) is 17.7 Å². The van der Waals surface area contributed by atoms with Crippen LogP contribution in [0.4, 0.5) is 11.4 Å². The number of hydrogen-bond acceptors (Lipinski definition) is 5. The predicted octanol–water partition coefficient (Wildman–Crippen LogP) is 5.25. The summed E-state index contributed by atoms with van der Waals surface area (Å²) in [4.78, 5) is 12.7. The molecule has 1 amide bonds. The zero-order valence-electron chi connectivity index (χ0n) is 18.5. The van der Waals surface area contributed by atoms with E-state index in [9.17, 15) is 13.2 Å². The first kappa shape index (κ1) is 24.4. The summed E-state index contributed by atoms with van der Waals surface area (Å²) < 4.78 is 38.9. The average Bonchev–Trinajstić information content (AvgIpc) is 2.81. The van der Waals surface area contributed by atoms with Crippen molar-refractivity contribution in [2.24, 2.45) is 0 Å². The smallest absolute Gasteiger partial charge is 0.265 e. The molecule has 0 heterocycles. The summed E-state index contributed by atoms with van der Waals surface area (Å²) in [7, 11) is -2.25. The largest absolute Gasteiger partial charge is 0.497 e. The van der Waals surface area contributed by atoms with Crippen molar-refractivity contribution in [3.05, 3.63) is 77.3 Å². The molecule has 0 bridgehead atoms. The van der Waals surface area contributed by atoms with Crippen LogP contribution in [0.3, 0.4) is 0 Å². The number of halogens is 1. The van der Waals surface area contributed by atoms with Crippen molar-refractivity contribution in [2.45, 2.75) is 31.3 Å². The highest BCUT2D eigenvalue weighted by atomic mass is 35.5. The minimum absolute atomic E-state index is 0.0569. The summed E-state index contributed by atoms with van der Waals surface area (Å²) in [5.41, 5.74) is 1.49. The van der Waals surface area contributed by atoms with Gasteiger partial charge in [-0.25, -0.2) is 8.42 Å². The minimum atomic E-state index is -3.82. The molecule has 0 fully saturated rings. The van der Waals surface area contributed by atoms with Gasteiger partial charge < -0.3 is 14.8 Å². The fourth-order valence-corrected chi connectivity index (χ4v) is 4.30. The molecule has 0 aromatic heterocycles. The Balaban J connectivity index is 1.67. The molecule has 0 aliphatic rings. The number of methoxy groups -OCH3 is 1. The van der Waals surface area contributed by atoms with E-state index in [0.29, 0.717) is 39.9 Å². The number of sulfonamides is 1. The van der Waals surface area contributed by atoms with Crippen LogP contribution >= 0.6 is 11.6 Å². The van der Waals surface area contributed by atoms with Crippen molar-refractivity contribution in [1.29, 1.82) is 0 Å². The van der Waals surface area contributed by atoms with Gasteiger partial charge in [0.15, 0.2) is 6.10 Å². The molecule has 174 valence electrons. The van der Waals surface area contributed by atoms with E-state index in [1.54, 1.807) is 56.5 Å². The van der Waals surface area contributed by atoms with Gasteiger partial charge in [-0.1, -0.05) is 24.6 Å². The third kappa shape index (κ3) is 6.18. The van der Waals surface area contributed by atoms with E-state index in [2.05, 4.69) is 10.0 Å². The Morgan fingerprint density at radius 2 is 1.64 bits per heavy atom. The van der Waals surface area contributed by atoms with Gasteiger partial charge in [-0.2, -0.15) is 0 Å². The molecule has 0 spiro atoms. The third-order valence-corrected chi connectivity index (χ3v) is 6.74. The number of nitrogens with one attached hydrogen (secondary N) is 2. The van der Waals surface area contributed by atoms with E-state index in [0.717, 1.165) is 0 Å². The van der Waals surface area contributed by atoms with Crippen molar-refractivity contribution in [3.63, 3.8) is 0 Å². The van der Waals surface area contributed by atoms with Gasteiger partial charge in [-0.3, -0.25) is 9.52 Å². The summed E-state index contributed by atoms with van der Waals surface area (Å²) in [6, 6.07) is 17.8. The van der Waals surface area contributed by atoms with E-state index in [-0.39, 0.29) is 10.8 Å². The molecule has 0 aliphatic heterocycles. The Morgan fingerprint density at radius 3 is 2.24 bits per heavy atom. The first-order valence-corrected chi connectivity index (χ1v) is 12.1. The first-order chi connectivity index (χ1) is 15.7. The van der Waals surface area contributed by atoms with Crippen LogP contribution in [0.2, 0.25) is 5.02 Å². The Kier molecular flexibility index (Phi) is 7.84. The fraction of sp³-hybridized carbons (Fsp3) is 0.208.